The van der Waals surface area contributed by atoms with Crippen LogP contribution in [0, 0.1) is 0 Å². The van der Waals surface area contributed by atoms with E-state index in [-0.39, 0.29) is 12.6 Å². The van der Waals surface area contributed by atoms with E-state index in [1.807, 2.05) is 36.4 Å². The molecule has 0 bridgehead atoms. The predicted molar refractivity (Wildman–Crippen MR) is 110 cm³/mol. The van der Waals surface area contributed by atoms with Crippen molar-refractivity contribution in [3.8, 4) is 11.5 Å². The fourth-order valence-electron chi connectivity index (χ4n) is 3.62. The highest BCUT2D eigenvalue weighted by molar-refractivity contribution is 5.68. The molecular weight excluding hydrogens is 370 g/mol. The Morgan fingerprint density at radius 2 is 2.00 bits per heavy atom. The normalized spacial score (nSPS) is 18.5. The molecular formula is C23H29NO5. The number of ether oxygens (including phenoxy) is 3. The van der Waals surface area contributed by atoms with Crippen molar-refractivity contribution in [2.45, 2.75) is 38.3 Å². The molecule has 1 saturated heterocycles. The van der Waals surface area contributed by atoms with E-state index in [2.05, 4.69) is 12.1 Å². The number of para-hydroxylation sites is 1. The highest BCUT2D eigenvalue weighted by Crippen LogP contribution is 2.24. The van der Waals surface area contributed by atoms with Gasteiger partial charge in [0, 0.05) is 0 Å². The number of hydrogen-bond donors (Lipinski definition) is 1. The van der Waals surface area contributed by atoms with Gasteiger partial charge in [-0.05, 0) is 55.5 Å². The van der Waals surface area contributed by atoms with Gasteiger partial charge < -0.3 is 19.3 Å². The van der Waals surface area contributed by atoms with Crippen LogP contribution in [0.2, 0.25) is 0 Å². The Balaban J connectivity index is 1.62. The molecule has 1 fully saturated rings. The van der Waals surface area contributed by atoms with Crippen molar-refractivity contribution in [1.29, 1.82) is 0 Å². The second-order valence-corrected chi connectivity index (χ2v) is 7.16. The fourth-order valence-corrected chi connectivity index (χ4v) is 3.62. The molecule has 1 amide bonds. The van der Waals surface area contributed by atoms with Gasteiger partial charge in [0.2, 0.25) is 0 Å². The maximum Gasteiger partial charge on any atom is 0.410 e. The standard InChI is InChI=1S/C23H29NO5/c1-3-28-23(26)24-15-20(25)14-19(24)16-29-22-10-5-4-8-18(22)12-11-17-7-6-9-21(13-17)27-2/h4-10,13,19-20,25H,3,11-12,14-16H2,1-2H3/t19-,20+/m0/s1. The number of amides is 1. The van der Waals surface area contributed by atoms with E-state index in [9.17, 15) is 9.90 Å². The quantitative estimate of drug-likeness (QED) is 0.736. The first-order valence-corrected chi connectivity index (χ1v) is 10.1. The third-order valence-corrected chi connectivity index (χ3v) is 5.12. The zero-order valence-corrected chi connectivity index (χ0v) is 17.0. The summed E-state index contributed by atoms with van der Waals surface area (Å²) in [5.41, 5.74) is 2.31. The van der Waals surface area contributed by atoms with Gasteiger partial charge in [0.05, 0.1) is 32.4 Å². The van der Waals surface area contributed by atoms with Gasteiger partial charge in [-0.3, -0.25) is 4.90 Å². The van der Waals surface area contributed by atoms with Gasteiger partial charge in [-0.15, -0.1) is 0 Å². The molecule has 0 unspecified atom stereocenters. The molecule has 2 aromatic rings. The predicted octanol–water partition coefficient (Wildman–Crippen LogP) is 3.45. The molecule has 0 spiro atoms. The molecule has 6 heteroatoms. The fraction of sp³-hybridized carbons (Fsp3) is 0.435. The molecule has 1 N–H and O–H groups in total. The summed E-state index contributed by atoms with van der Waals surface area (Å²) in [7, 11) is 1.67. The number of methoxy groups -OCH3 is 1. The summed E-state index contributed by atoms with van der Waals surface area (Å²) >= 11 is 0. The first kappa shape index (κ1) is 21.0. The van der Waals surface area contributed by atoms with Crippen LogP contribution in [-0.2, 0) is 17.6 Å². The summed E-state index contributed by atoms with van der Waals surface area (Å²) in [5, 5.41) is 9.98. The van der Waals surface area contributed by atoms with Crippen LogP contribution in [0.3, 0.4) is 0 Å². The molecule has 6 nitrogen and oxygen atoms in total. The lowest BCUT2D eigenvalue weighted by Crippen LogP contribution is -2.39. The van der Waals surface area contributed by atoms with Crippen LogP contribution in [0.15, 0.2) is 48.5 Å². The molecule has 0 saturated carbocycles. The molecule has 29 heavy (non-hydrogen) atoms. The van der Waals surface area contributed by atoms with Crippen LogP contribution in [0.25, 0.3) is 0 Å². The monoisotopic (exact) mass is 399 g/mol. The number of carbonyl (C=O) groups is 1. The van der Waals surface area contributed by atoms with Crippen molar-refractivity contribution >= 4 is 6.09 Å². The van der Waals surface area contributed by atoms with E-state index in [0.717, 1.165) is 29.9 Å². The molecule has 0 aliphatic carbocycles. The number of likely N-dealkylation sites (tertiary alicyclic amines) is 1. The van der Waals surface area contributed by atoms with E-state index in [1.54, 1.807) is 18.9 Å². The van der Waals surface area contributed by atoms with Crippen molar-refractivity contribution in [2.75, 3.05) is 26.9 Å². The maximum atomic E-state index is 12.1. The third-order valence-electron chi connectivity index (χ3n) is 5.12. The zero-order chi connectivity index (χ0) is 20.6. The number of nitrogens with zero attached hydrogens (tertiary/aromatic N) is 1. The summed E-state index contributed by atoms with van der Waals surface area (Å²) in [6, 6.07) is 15.8. The number of aryl methyl sites for hydroxylation is 2. The highest BCUT2D eigenvalue weighted by atomic mass is 16.6. The second kappa shape index (κ2) is 10.2. The third kappa shape index (κ3) is 5.64. The maximum absolute atomic E-state index is 12.1. The molecule has 0 aromatic heterocycles. The molecule has 1 aliphatic heterocycles. The molecule has 1 heterocycles. The van der Waals surface area contributed by atoms with E-state index in [1.165, 1.54) is 5.56 Å². The Kier molecular flexibility index (Phi) is 7.36. The number of rotatable bonds is 8. The summed E-state index contributed by atoms with van der Waals surface area (Å²) in [6.07, 6.45) is 1.25. The average molecular weight is 399 g/mol. The van der Waals surface area contributed by atoms with Crippen LogP contribution in [-0.4, -0.2) is 55.1 Å². The van der Waals surface area contributed by atoms with Crippen LogP contribution in [0.1, 0.15) is 24.5 Å². The van der Waals surface area contributed by atoms with Gasteiger partial charge in [-0.2, -0.15) is 0 Å². The Morgan fingerprint density at radius 3 is 2.79 bits per heavy atom. The van der Waals surface area contributed by atoms with E-state index >= 15 is 0 Å². The van der Waals surface area contributed by atoms with Gasteiger partial charge in [-0.1, -0.05) is 30.3 Å². The Bertz CT molecular complexity index is 809. The van der Waals surface area contributed by atoms with Crippen molar-refractivity contribution in [2.24, 2.45) is 0 Å². The summed E-state index contributed by atoms with van der Waals surface area (Å²) in [6.45, 7) is 2.69. The molecule has 156 valence electrons. The lowest BCUT2D eigenvalue weighted by atomic mass is 10.0. The smallest absolute Gasteiger partial charge is 0.410 e. The lowest BCUT2D eigenvalue weighted by Gasteiger charge is -2.24. The first-order valence-electron chi connectivity index (χ1n) is 10.1. The van der Waals surface area contributed by atoms with Crippen molar-refractivity contribution in [3.63, 3.8) is 0 Å². The van der Waals surface area contributed by atoms with Crippen molar-refractivity contribution in [1.82, 2.24) is 4.90 Å². The minimum Gasteiger partial charge on any atom is -0.497 e. The van der Waals surface area contributed by atoms with Crippen molar-refractivity contribution < 1.29 is 24.1 Å². The minimum absolute atomic E-state index is 0.199. The van der Waals surface area contributed by atoms with E-state index in [4.69, 9.17) is 14.2 Å². The zero-order valence-electron chi connectivity index (χ0n) is 17.0. The Morgan fingerprint density at radius 1 is 1.17 bits per heavy atom. The van der Waals surface area contributed by atoms with E-state index in [0.29, 0.717) is 19.6 Å². The molecule has 3 rings (SSSR count). The summed E-state index contributed by atoms with van der Waals surface area (Å²) < 4.78 is 16.5. The number of β-amino-alcohol motifs (C(OH)–C–C–N with tert-alkyl or cyclic N) is 1. The first-order chi connectivity index (χ1) is 14.1. The van der Waals surface area contributed by atoms with Crippen LogP contribution in [0.5, 0.6) is 11.5 Å². The Labute approximate surface area is 172 Å². The summed E-state index contributed by atoms with van der Waals surface area (Å²) in [5.74, 6) is 1.66. The van der Waals surface area contributed by atoms with Gasteiger partial charge >= 0.3 is 6.09 Å². The average Bonchev–Trinajstić information content (AvgIpc) is 3.12. The lowest BCUT2D eigenvalue weighted by molar-refractivity contribution is 0.0887. The number of benzene rings is 2. The number of carbonyl (C=O) groups excluding carboxylic acids is 1. The molecule has 1 aliphatic rings. The number of aliphatic hydroxyl groups is 1. The SMILES string of the molecule is CCOC(=O)N1C[C@H](O)C[C@H]1COc1ccccc1CCc1cccc(OC)c1. The molecule has 0 radical (unpaired) electrons. The van der Waals surface area contributed by atoms with Crippen LogP contribution < -0.4 is 9.47 Å². The largest absolute Gasteiger partial charge is 0.497 e. The Hall–Kier alpha value is -2.73. The molecule has 2 aromatic carbocycles. The summed E-state index contributed by atoms with van der Waals surface area (Å²) in [4.78, 5) is 13.7. The van der Waals surface area contributed by atoms with Gasteiger partial charge in [0.25, 0.3) is 0 Å². The van der Waals surface area contributed by atoms with E-state index < -0.39 is 12.2 Å². The van der Waals surface area contributed by atoms with Crippen LogP contribution >= 0.6 is 0 Å². The number of aliphatic hydroxyl groups excluding tert-OH is 1. The van der Waals surface area contributed by atoms with Crippen LogP contribution in [0.4, 0.5) is 4.79 Å². The molecule has 2 atom stereocenters. The highest BCUT2D eigenvalue weighted by Gasteiger charge is 2.35. The number of hydrogen-bond acceptors (Lipinski definition) is 5. The van der Waals surface area contributed by atoms with Gasteiger partial charge in [0.15, 0.2) is 0 Å². The van der Waals surface area contributed by atoms with Gasteiger partial charge in [0.1, 0.15) is 18.1 Å². The van der Waals surface area contributed by atoms with Gasteiger partial charge in [-0.25, -0.2) is 4.79 Å². The topological polar surface area (TPSA) is 68.2 Å². The van der Waals surface area contributed by atoms with Crippen molar-refractivity contribution in [3.05, 3.63) is 59.7 Å². The minimum atomic E-state index is -0.545. The second-order valence-electron chi connectivity index (χ2n) is 7.16.